The van der Waals surface area contributed by atoms with Gasteiger partial charge in [-0.3, -0.25) is 9.69 Å². The Labute approximate surface area is 197 Å². The molecule has 0 spiro atoms. The fourth-order valence-corrected chi connectivity index (χ4v) is 3.78. The number of halogens is 3. The molecule has 32 heavy (non-hydrogen) atoms. The number of carbonyl (C=O) groups excluding carboxylic acids is 2. The van der Waals surface area contributed by atoms with E-state index in [1.807, 2.05) is 12.1 Å². The zero-order valence-corrected chi connectivity index (χ0v) is 19.0. The molecule has 0 atom stereocenters. The van der Waals surface area contributed by atoms with Gasteiger partial charge >= 0.3 is 6.03 Å². The third kappa shape index (κ3) is 5.00. The van der Waals surface area contributed by atoms with Crippen LogP contribution in [0.4, 0.5) is 9.18 Å². The minimum Gasteiger partial charge on any atom is -0.488 e. The lowest BCUT2D eigenvalue weighted by atomic mass is 10.1. The Balaban J connectivity index is 1.45. The van der Waals surface area contributed by atoms with Gasteiger partial charge in [0.25, 0.3) is 5.91 Å². The van der Waals surface area contributed by atoms with E-state index in [9.17, 15) is 14.0 Å². The molecule has 8 heteroatoms. The molecule has 0 radical (unpaired) electrons. The van der Waals surface area contributed by atoms with Crippen molar-refractivity contribution in [2.45, 2.75) is 13.2 Å². The van der Waals surface area contributed by atoms with Gasteiger partial charge < -0.3 is 10.1 Å². The summed E-state index contributed by atoms with van der Waals surface area (Å²) in [6, 6.07) is 18.1. The van der Waals surface area contributed by atoms with E-state index >= 15 is 0 Å². The molecule has 3 aromatic rings. The van der Waals surface area contributed by atoms with Gasteiger partial charge in [0.15, 0.2) is 0 Å². The Hall–Kier alpha value is -3.16. The van der Waals surface area contributed by atoms with Crippen molar-refractivity contribution in [1.29, 1.82) is 0 Å². The minimum atomic E-state index is -0.591. The van der Waals surface area contributed by atoms with Gasteiger partial charge in [-0.2, -0.15) is 0 Å². The fraction of sp³-hybridized carbons (Fsp3) is 0.0833. The van der Waals surface area contributed by atoms with E-state index in [2.05, 4.69) is 21.2 Å². The summed E-state index contributed by atoms with van der Waals surface area (Å²) in [5.74, 6) is -0.355. The van der Waals surface area contributed by atoms with Crippen molar-refractivity contribution >= 4 is 45.5 Å². The van der Waals surface area contributed by atoms with Gasteiger partial charge in [0.1, 0.15) is 23.9 Å². The fourth-order valence-electron chi connectivity index (χ4n) is 3.14. The molecule has 0 saturated carbocycles. The second-order valence-corrected chi connectivity index (χ2v) is 8.37. The molecule has 3 aromatic carbocycles. The van der Waals surface area contributed by atoms with E-state index in [1.54, 1.807) is 48.5 Å². The van der Waals surface area contributed by atoms with Crippen LogP contribution in [0.1, 0.15) is 16.7 Å². The summed E-state index contributed by atoms with van der Waals surface area (Å²) in [6.45, 7) is 0.228. The van der Waals surface area contributed by atoms with Crippen molar-refractivity contribution < 1.29 is 18.7 Å². The maximum absolute atomic E-state index is 13.9. The molecule has 1 aliphatic heterocycles. The topological polar surface area (TPSA) is 58.6 Å². The Morgan fingerprint density at radius 1 is 1.06 bits per heavy atom. The molecule has 0 unspecified atom stereocenters. The van der Waals surface area contributed by atoms with Crippen molar-refractivity contribution in [2.75, 3.05) is 0 Å². The lowest BCUT2D eigenvalue weighted by Crippen LogP contribution is -2.30. The first kappa shape index (κ1) is 22.0. The molecule has 3 amide bonds. The first-order valence-electron chi connectivity index (χ1n) is 9.65. The molecular formula is C24H17BrClFN2O3. The van der Waals surface area contributed by atoms with Crippen LogP contribution in [-0.4, -0.2) is 16.8 Å². The number of imide groups is 1. The average molecular weight is 516 g/mol. The smallest absolute Gasteiger partial charge is 0.329 e. The van der Waals surface area contributed by atoms with Crippen LogP contribution in [0.25, 0.3) is 6.08 Å². The largest absolute Gasteiger partial charge is 0.488 e. The number of amides is 3. The van der Waals surface area contributed by atoms with Crippen molar-refractivity contribution in [3.63, 3.8) is 0 Å². The Bertz CT molecular complexity index is 1210. The molecule has 4 rings (SSSR count). The van der Waals surface area contributed by atoms with E-state index in [0.29, 0.717) is 27.4 Å². The van der Waals surface area contributed by atoms with Gasteiger partial charge in [-0.25, -0.2) is 9.18 Å². The molecule has 1 aliphatic rings. The number of hydrogen-bond acceptors (Lipinski definition) is 3. The van der Waals surface area contributed by atoms with Crippen LogP contribution < -0.4 is 10.1 Å². The SMILES string of the molecule is O=C1N/C(=C/c2ccc(OCc3ccc(Cl)cc3)c(Br)c2)C(=O)N1Cc1ccccc1F. The number of nitrogens with zero attached hydrogens (tertiary/aromatic N) is 1. The van der Waals surface area contributed by atoms with Crippen LogP contribution >= 0.6 is 27.5 Å². The van der Waals surface area contributed by atoms with Crippen LogP contribution in [0.15, 0.2) is 76.9 Å². The molecule has 1 N–H and O–H groups in total. The summed E-state index contributed by atoms with van der Waals surface area (Å²) in [6.07, 6.45) is 1.56. The molecule has 1 saturated heterocycles. The maximum Gasteiger partial charge on any atom is 0.329 e. The Kier molecular flexibility index (Phi) is 6.58. The third-order valence-corrected chi connectivity index (χ3v) is 5.69. The summed E-state index contributed by atoms with van der Waals surface area (Å²) in [4.78, 5) is 25.9. The van der Waals surface area contributed by atoms with Crippen LogP contribution in [0.3, 0.4) is 0 Å². The van der Waals surface area contributed by atoms with Crippen LogP contribution in [-0.2, 0) is 17.9 Å². The Morgan fingerprint density at radius 3 is 2.53 bits per heavy atom. The number of benzene rings is 3. The summed E-state index contributed by atoms with van der Waals surface area (Å²) in [7, 11) is 0. The first-order chi connectivity index (χ1) is 15.4. The van der Waals surface area contributed by atoms with E-state index in [4.69, 9.17) is 16.3 Å². The van der Waals surface area contributed by atoms with Crippen molar-refractivity contribution in [3.8, 4) is 5.75 Å². The first-order valence-corrected chi connectivity index (χ1v) is 10.8. The van der Waals surface area contributed by atoms with Gasteiger partial charge in [-0.05, 0) is 63.5 Å². The molecule has 1 fully saturated rings. The molecule has 162 valence electrons. The van der Waals surface area contributed by atoms with Crippen molar-refractivity contribution in [3.05, 3.63) is 104 Å². The number of urea groups is 1. The van der Waals surface area contributed by atoms with E-state index in [0.717, 1.165) is 10.5 Å². The molecule has 1 heterocycles. The highest BCUT2D eigenvalue weighted by Crippen LogP contribution is 2.28. The number of hydrogen-bond donors (Lipinski definition) is 1. The maximum atomic E-state index is 13.9. The predicted molar refractivity (Wildman–Crippen MR) is 123 cm³/mol. The molecule has 5 nitrogen and oxygen atoms in total. The van der Waals surface area contributed by atoms with Gasteiger partial charge in [-0.15, -0.1) is 0 Å². The van der Waals surface area contributed by atoms with Gasteiger partial charge in [-0.1, -0.05) is 48.0 Å². The number of nitrogens with one attached hydrogen (secondary N) is 1. The van der Waals surface area contributed by atoms with E-state index in [1.165, 1.54) is 12.1 Å². The minimum absolute atomic E-state index is 0.119. The highest BCUT2D eigenvalue weighted by molar-refractivity contribution is 9.10. The van der Waals surface area contributed by atoms with Gasteiger partial charge in [0, 0.05) is 10.6 Å². The quantitative estimate of drug-likeness (QED) is 0.328. The standard InChI is InChI=1S/C24H17BrClFN2O3/c25-19-11-16(7-10-22(19)32-14-15-5-8-18(26)9-6-15)12-21-23(30)29(24(31)28-21)13-17-3-1-2-4-20(17)27/h1-12H,13-14H2,(H,28,31)/b21-12+. The number of carbonyl (C=O) groups is 2. The zero-order chi connectivity index (χ0) is 22.7. The van der Waals surface area contributed by atoms with Crippen LogP contribution in [0.2, 0.25) is 5.02 Å². The predicted octanol–water partition coefficient (Wildman–Crippen LogP) is 5.91. The van der Waals surface area contributed by atoms with E-state index in [-0.39, 0.29) is 17.8 Å². The van der Waals surface area contributed by atoms with Gasteiger partial charge in [0.05, 0.1) is 11.0 Å². The normalized spacial score (nSPS) is 14.7. The van der Waals surface area contributed by atoms with Crippen molar-refractivity contribution in [1.82, 2.24) is 10.2 Å². The second-order valence-electron chi connectivity index (χ2n) is 7.08. The molecule has 0 aromatic heterocycles. The van der Waals surface area contributed by atoms with Crippen LogP contribution in [0.5, 0.6) is 5.75 Å². The van der Waals surface area contributed by atoms with Crippen LogP contribution in [0, 0.1) is 5.82 Å². The second kappa shape index (κ2) is 9.54. The Morgan fingerprint density at radius 2 is 1.81 bits per heavy atom. The van der Waals surface area contributed by atoms with Gasteiger partial charge in [0.2, 0.25) is 0 Å². The summed E-state index contributed by atoms with van der Waals surface area (Å²) >= 11 is 9.37. The summed E-state index contributed by atoms with van der Waals surface area (Å²) in [5.41, 5.74) is 2.05. The lowest BCUT2D eigenvalue weighted by molar-refractivity contribution is -0.123. The molecule has 0 aliphatic carbocycles. The molecular weight excluding hydrogens is 499 g/mol. The highest BCUT2D eigenvalue weighted by atomic mass is 79.9. The monoisotopic (exact) mass is 514 g/mol. The number of ether oxygens (including phenoxy) is 1. The summed E-state index contributed by atoms with van der Waals surface area (Å²) in [5, 5.41) is 3.21. The highest BCUT2D eigenvalue weighted by Gasteiger charge is 2.34. The zero-order valence-electron chi connectivity index (χ0n) is 16.6. The number of rotatable bonds is 6. The third-order valence-electron chi connectivity index (χ3n) is 4.82. The van der Waals surface area contributed by atoms with E-state index < -0.39 is 17.8 Å². The van der Waals surface area contributed by atoms with Crippen molar-refractivity contribution in [2.24, 2.45) is 0 Å². The summed E-state index contributed by atoms with van der Waals surface area (Å²) < 4.78 is 20.4. The molecule has 0 bridgehead atoms. The average Bonchev–Trinajstić information content (AvgIpc) is 3.03. The lowest BCUT2D eigenvalue weighted by Gasteiger charge is -2.12.